The van der Waals surface area contributed by atoms with Gasteiger partial charge in [-0.05, 0) is 154 Å². The van der Waals surface area contributed by atoms with Crippen LogP contribution in [0.3, 0.4) is 0 Å². The van der Waals surface area contributed by atoms with Gasteiger partial charge in [0.1, 0.15) is 60.7 Å². The highest BCUT2D eigenvalue weighted by atomic mass is 32.2. The van der Waals surface area contributed by atoms with Crippen molar-refractivity contribution in [3.05, 3.63) is 155 Å². The molecule has 5 atom stereocenters. The number of amides is 1. The molecule has 15 aromatic heterocycles. The van der Waals surface area contributed by atoms with E-state index in [1.807, 2.05) is 83.6 Å². The number of aromatic nitrogens is 13. The first-order chi connectivity index (χ1) is 56.5. The van der Waals surface area contributed by atoms with Crippen LogP contribution in [0, 0.1) is 19.8 Å². The molecule has 2 fully saturated rings. The zero-order valence-electron chi connectivity index (χ0n) is 63.3. The second kappa shape index (κ2) is 38.6. The number of oxazole rings is 1. The van der Waals surface area contributed by atoms with Crippen LogP contribution < -0.4 is 15.2 Å². The number of rotatable bonds is 24. The van der Waals surface area contributed by atoms with Crippen LogP contribution in [0.15, 0.2) is 165 Å². The fourth-order valence-electron chi connectivity index (χ4n) is 12.0. The first-order valence-corrected chi connectivity index (χ1v) is 50.5. The van der Waals surface area contributed by atoms with E-state index < -0.39 is 49.3 Å². The van der Waals surface area contributed by atoms with E-state index in [0.29, 0.717) is 89.7 Å². The first kappa shape index (κ1) is 82.7. The van der Waals surface area contributed by atoms with Gasteiger partial charge in [-0.25, -0.2) is 64.6 Å². The number of nitrogens with zero attached hydrogens (tertiary/aromatic N) is 13. The predicted octanol–water partition coefficient (Wildman–Crippen LogP) is 20.1. The van der Waals surface area contributed by atoms with Crippen molar-refractivity contribution in [1.29, 1.82) is 0 Å². The fourth-order valence-corrected chi connectivity index (χ4v) is 27.6. The summed E-state index contributed by atoms with van der Waals surface area (Å²) in [4.78, 5) is 76.4. The summed E-state index contributed by atoms with van der Waals surface area (Å²) in [6.45, 7) is 9.02. The lowest BCUT2D eigenvalue weighted by Crippen LogP contribution is -2.17. The van der Waals surface area contributed by atoms with Gasteiger partial charge >= 0.3 is 6.09 Å². The molecule has 5 unspecified atom stereocenters. The van der Waals surface area contributed by atoms with E-state index in [1.54, 1.807) is 73.8 Å². The van der Waals surface area contributed by atoms with Crippen molar-refractivity contribution in [2.45, 2.75) is 118 Å². The van der Waals surface area contributed by atoms with E-state index in [2.05, 4.69) is 111 Å². The van der Waals surface area contributed by atoms with E-state index in [9.17, 15) is 21.6 Å². The topological polar surface area (TPSA) is 320 Å². The van der Waals surface area contributed by atoms with Crippen molar-refractivity contribution >= 4 is 208 Å². The van der Waals surface area contributed by atoms with Crippen LogP contribution in [0.5, 0.6) is 11.6 Å². The molecule has 0 saturated heterocycles. The van der Waals surface area contributed by atoms with Gasteiger partial charge in [-0.3, -0.25) is 16.8 Å². The van der Waals surface area contributed by atoms with E-state index in [-0.39, 0.29) is 16.4 Å². The number of hydrogen-bond donors (Lipinski definition) is 1. The molecule has 0 bridgehead atoms. The third kappa shape index (κ3) is 20.2. The summed E-state index contributed by atoms with van der Waals surface area (Å²) < 4.78 is 75.2. The Morgan fingerprint density at radius 1 is 0.629 bits per heavy atom. The molecular weight excluding hydrogens is 1720 g/mol. The van der Waals surface area contributed by atoms with Crippen LogP contribution >= 0.6 is 101 Å². The van der Waals surface area contributed by atoms with Gasteiger partial charge in [-0.2, -0.15) is 15.5 Å². The zero-order valence-corrected chi connectivity index (χ0v) is 73.9. The number of ether oxygens (including phenoxy) is 3. The second-order valence-electron chi connectivity index (χ2n) is 26.6. The molecule has 1 amide bonds. The maximum atomic E-state index is 12.7. The molecule has 16 heterocycles. The standard InChI is InChI=1S/C19H14N2O2S2.C19H21NO2S3.C17H13N5OS3.C15H16N2OS3.C10H12N4O3S2/c22-25(13-6-7-13)17-11-15-14(12-4-2-1-3-5-12)10-16(21-19(15)24-17)18-20-8-9-23-18;1-12-6-7-16(23-12)14-11-15(22-9-8-21-2)17-13-5-4-10-25(3)19(13)24-18(17)20-14;23-26(9-10-2-3-10)12-8-11-13(14-18-4-1-5-19-14)21-15(22-16(11)25-12)17-20-6-7-24-17;1-2-3-4-10-21(18)15-17-12-8-7-11(16-14(12)20-15)13-6-5-9-19-13;1-3-4-19(16)10-14-6-7(17-9(11)15)12-5(2)13-8(6)18-10/h1-5,8-11,13H,6-7H2;6-7,11H,3-5,8-10H2,1-2H3;1,4-8,10H,2-3,9H2;5-9H,2-4,10H2,1H3;3-4H2,1-2H3,(H2,11,15). The lowest BCUT2D eigenvalue weighted by Gasteiger charge is -2.16. The second-order valence-corrected chi connectivity index (χ2v) is 44.0. The lowest BCUT2D eigenvalue weighted by atomic mass is 10.0. The number of primary amides is 1. The van der Waals surface area contributed by atoms with Gasteiger partial charge in [0.05, 0.1) is 95.2 Å². The number of benzene rings is 1. The molecule has 2 saturated carbocycles. The molecule has 598 valence electrons. The Labute approximate surface area is 712 Å². The van der Waals surface area contributed by atoms with Gasteiger partial charge in [0.15, 0.2) is 35.7 Å². The number of hydrogen-bond acceptors (Lipinski definition) is 30. The van der Waals surface area contributed by atoms with Gasteiger partial charge in [0.2, 0.25) is 5.89 Å². The molecule has 116 heavy (non-hydrogen) atoms. The smallest absolute Gasteiger partial charge is 0.411 e. The summed E-state index contributed by atoms with van der Waals surface area (Å²) in [5, 5.41) is 8.09. The number of pyridine rings is 3. The molecule has 1 aliphatic heterocycles. The Morgan fingerprint density at radius 2 is 1.41 bits per heavy atom. The quantitative estimate of drug-likeness (QED) is 0.0434. The summed E-state index contributed by atoms with van der Waals surface area (Å²) in [5.41, 5.74) is 13.0. The average molecular weight is 1790 g/mol. The number of methoxy groups -OCH3 is 1. The van der Waals surface area contributed by atoms with Gasteiger partial charge in [-0.15, -0.1) is 68.0 Å². The van der Waals surface area contributed by atoms with E-state index >= 15 is 0 Å². The highest BCUT2D eigenvalue weighted by Crippen LogP contribution is 2.49. The van der Waals surface area contributed by atoms with Crippen LogP contribution in [0.25, 0.3) is 118 Å². The van der Waals surface area contributed by atoms with Crippen LogP contribution in [-0.4, -0.2) is 142 Å². The van der Waals surface area contributed by atoms with Crippen LogP contribution in [0.4, 0.5) is 4.79 Å². The number of fused-ring (bicyclic) bond motifs is 7. The van der Waals surface area contributed by atoms with Gasteiger partial charge < -0.3 is 24.4 Å². The summed E-state index contributed by atoms with van der Waals surface area (Å²) in [7, 11) is -2.30. The van der Waals surface area contributed by atoms with Crippen molar-refractivity contribution in [2.75, 3.05) is 43.3 Å². The minimum Gasteiger partial charge on any atom is -0.490 e. The van der Waals surface area contributed by atoms with Crippen molar-refractivity contribution in [3.63, 3.8) is 0 Å². The normalized spacial score (nSPS) is 14.8. The summed E-state index contributed by atoms with van der Waals surface area (Å²) in [6.07, 6.45) is 18.2. The largest absolute Gasteiger partial charge is 0.490 e. The summed E-state index contributed by atoms with van der Waals surface area (Å²) in [5.74, 6) is 11.1. The maximum absolute atomic E-state index is 12.7. The zero-order chi connectivity index (χ0) is 80.3. The average Bonchev–Trinajstić information content (AvgIpc) is 1.60. The number of aryl methyl sites for hydroxylation is 3. The number of unbranched alkanes of at least 4 members (excludes halogenated alkanes) is 2. The number of carbonyl (C=O) groups is 1. The van der Waals surface area contributed by atoms with Crippen LogP contribution in [-0.2, 0) is 54.4 Å². The van der Waals surface area contributed by atoms with Crippen molar-refractivity contribution in [1.82, 2.24) is 64.8 Å². The summed E-state index contributed by atoms with van der Waals surface area (Å²) >= 11 is 12.4. The van der Waals surface area contributed by atoms with Crippen molar-refractivity contribution in [3.8, 4) is 77.8 Å². The fraction of sp³-hybridized carbons (Fsp3) is 0.287. The Balaban J connectivity index is 0.000000114. The lowest BCUT2D eigenvalue weighted by molar-refractivity contribution is 0.147. The SMILES string of the molecule is C=S1CCCc2c1sc1nc(-c3ccc(C)s3)cc(OCCOC)c21.CCCCCS(=O)c1nc2ccc(-c3cccs3)nc2s1.CCCS(=O)c1nc2c(OC(N)=O)nc(C)nc2s1.O=S(CC1CC1)c1cc2c(-c3ncccn3)nc(-c3nccs3)nc2s1.O=S(c1cc2c(-c3ccccc3)cc(-c3ncco3)nc2s1)C1CC1. The molecule has 0 radical (unpaired) electrons. The Bertz CT molecular complexity index is 6240. The van der Waals surface area contributed by atoms with E-state index in [0.717, 1.165) is 133 Å². The van der Waals surface area contributed by atoms with E-state index in [1.165, 1.54) is 107 Å². The highest BCUT2D eigenvalue weighted by Gasteiger charge is 2.32. The van der Waals surface area contributed by atoms with Crippen LogP contribution in [0.1, 0.15) is 87.9 Å². The molecule has 2 aliphatic carbocycles. The highest BCUT2D eigenvalue weighted by molar-refractivity contribution is 8.15. The Hall–Kier alpha value is -8.34. The van der Waals surface area contributed by atoms with Gasteiger partial charge in [0.25, 0.3) is 5.88 Å². The molecule has 16 aromatic rings. The molecular formula is C80H76N14O9S13. The van der Waals surface area contributed by atoms with Crippen molar-refractivity contribution in [2.24, 2.45) is 11.7 Å². The maximum Gasteiger partial charge on any atom is 0.411 e. The Morgan fingerprint density at radius 3 is 2.13 bits per heavy atom. The molecule has 0 spiro atoms. The monoisotopic (exact) mass is 1790 g/mol. The molecule has 23 nitrogen and oxygen atoms in total. The Kier molecular flexibility index (Phi) is 27.5. The van der Waals surface area contributed by atoms with Gasteiger partial charge in [-0.1, -0.05) is 91.6 Å². The predicted molar refractivity (Wildman–Crippen MR) is 478 cm³/mol. The molecule has 1 aromatic carbocycles. The van der Waals surface area contributed by atoms with Gasteiger partial charge in [0, 0.05) is 75.3 Å². The molecule has 36 heteroatoms. The van der Waals surface area contributed by atoms with Crippen molar-refractivity contribution < 1.29 is 40.3 Å². The number of carbonyl (C=O) groups excluding carboxylic acids is 1. The first-order valence-electron chi connectivity index (χ1n) is 37.1. The minimum absolute atomic E-state index is 0.00555. The molecule has 2 N–H and O–H groups in total. The van der Waals surface area contributed by atoms with Crippen LogP contribution in [0.2, 0.25) is 0 Å². The summed E-state index contributed by atoms with van der Waals surface area (Å²) in [6, 6.07) is 32.4. The van der Waals surface area contributed by atoms with E-state index in [4.69, 9.17) is 34.3 Å². The molecule has 19 rings (SSSR count). The molecule has 3 aliphatic rings. The number of nitrogens with two attached hydrogens (primary N) is 1. The minimum atomic E-state index is -1.18. The number of thiophene rings is 5. The number of thiazole rings is 3. The third-order valence-corrected chi connectivity index (χ3v) is 35.6. The third-order valence-electron chi connectivity index (χ3n) is 17.9.